The number of aliphatic imine (C=N–C) groups is 3. The van der Waals surface area contributed by atoms with Gasteiger partial charge in [-0.25, -0.2) is 9.98 Å². The van der Waals surface area contributed by atoms with Crippen LogP contribution in [-0.2, 0) is 19.0 Å². The standard InChI is InChI=1S/C26H40N8O4/c1-7-14-37-16-13-30-12-9-15-38-20-11-10-19-21(22(20)36-6)32-26(34(8-2)23(19)28-4)33-24(35)18(3)17-31-25(27)29-5/h10,17,19,30H,5,7-9,12-16H2,1-4,6H3,(H2,27,31)(H,32,33,35)/b18-17+,28-23?. The summed E-state index contributed by atoms with van der Waals surface area (Å²) in [5.41, 5.74) is 4.09. The number of hydrogen-bond donors (Lipinski definition) is 4. The van der Waals surface area contributed by atoms with Crippen LogP contribution in [0.25, 0.3) is 0 Å². The zero-order valence-corrected chi connectivity index (χ0v) is 23.0. The number of rotatable bonds is 14. The number of nitrogens with one attached hydrogen (secondary N) is 4. The van der Waals surface area contributed by atoms with Gasteiger partial charge >= 0.3 is 0 Å². The topological polar surface area (TPSA) is 145 Å². The maximum atomic E-state index is 12.9. The van der Waals surface area contributed by atoms with E-state index in [2.05, 4.69) is 45.3 Å². The number of guanidine groups is 2. The first-order chi connectivity index (χ1) is 18.4. The van der Waals surface area contributed by atoms with Crippen molar-refractivity contribution in [3.05, 3.63) is 40.8 Å². The highest BCUT2D eigenvalue weighted by Gasteiger charge is 2.37. The number of ether oxygens (including phenoxy) is 3. The third-order valence-corrected chi connectivity index (χ3v) is 5.58. The summed E-state index contributed by atoms with van der Waals surface area (Å²) in [6, 6.07) is 0. The fraction of sp³-hybridized carbons (Fsp3) is 0.538. The van der Waals surface area contributed by atoms with E-state index in [-0.39, 0.29) is 11.9 Å². The van der Waals surface area contributed by atoms with Crippen molar-refractivity contribution in [3.8, 4) is 0 Å². The molecule has 1 atom stereocenters. The maximum Gasteiger partial charge on any atom is 0.255 e. The van der Waals surface area contributed by atoms with Gasteiger partial charge in [-0.2, -0.15) is 0 Å². The van der Waals surface area contributed by atoms with E-state index in [0.717, 1.165) is 32.5 Å². The lowest BCUT2D eigenvalue weighted by atomic mass is 9.96. The summed E-state index contributed by atoms with van der Waals surface area (Å²) in [4.78, 5) is 27.4. The quantitative estimate of drug-likeness (QED) is 0.0886. The first kappa shape index (κ1) is 30.5. The number of hydrogen-bond acceptors (Lipinski definition) is 8. The van der Waals surface area contributed by atoms with Crippen LogP contribution in [-0.4, -0.2) is 88.9 Å². The smallest absolute Gasteiger partial charge is 0.255 e. The largest absolute Gasteiger partial charge is 0.491 e. The van der Waals surface area contributed by atoms with Gasteiger partial charge in [0.15, 0.2) is 5.76 Å². The molecule has 4 N–H and O–H groups in total. The van der Waals surface area contributed by atoms with Crippen LogP contribution in [0.15, 0.2) is 55.8 Å². The molecule has 2 aliphatic rings. The molecule has 0 radical (unpaired) electrons. The number of carbonyl (C=O) groups is 1. The Bertz CT molecular complexity index is 1050. The first-order valence-corrected chi connectivity index (χ1v) is 12.7. The molecule has 0 aromatic carbocycles. The Labute approximate surface area is 224 Å². The Balaban J connectivity index is 2.17. The molecule has 0 aromatic rings. The molecule has 12 nitrogen and oxygen atoms in total. The van der Waals surface area contributed by atoms with Crippen molar-refractivity contribution >= 4 is 30.4 Å². The molecule has 0 saturated heterocycles. The van der Waals surface area contributed by atoms with Crippen LogP contribution < -0.4 is 16.0 Å². The van der Waals surface area contributed by atoms with E-state index in [9.17, 15) is 4.79 Å². The minimum Gasteiger partial charge on any atom is -0.491 e. The molecule has 0 spiro atoms. The molecule has 0 fully saturated rings. The predicted molar refractivity (Wildman–Crippen MR) is 149 cm³/mol. The van der Waals surface area contributed by atoms with E-state index in [1.54, 1.807) is 21.1 Å². The van der Waals surface area contributed by atoms with Crippen LogP contribution in [0, 0.1) is 11.3 Å². The van der Waals surface area contributed by atoms with Crippen LogP contribution in [0.2, 0.25) is 0 Å². The summed E-state index contributed by atoms with van der Waals surface area (Å²) < 4.78 is 17.1. The lowest BCUT2D eigenvalue weighted by molar-refractivity contribution is -0.116. The molecule has 1 aliphatic heterocycles. The van der Waals surface area contributed by atoms with Crippen LogP contribution in [0.5, 0.6) is 0 Å². The number of carbonyl (C=O) groups excluding carboxylic acids is 1. The Morgan fingerprint density at radius 2 is 2.11 bits per heavy atom. The van der Waals surface area contributed by atoms with Crippen LogP contribution >= 0.6 is 0 Å². The van der Waals surface area contributed by atoms with E-state index >= 15 is 0 Å². The third-order valence-electron chi connectivity index (χ3n) is 5.58. The van der Waals surface area contributed by atoms with Crippen molar-refractivity contribution in [1.82, 2.24) is 20.9 Å². The normalized spacial score (nSPS) is 18.0. The van der Waals surface area contributed by atoms with Gasteiger partial charge in [0.25, 0.3) is 5.91 Å². The zero-order chi connectivity index (χ0) is 27.9. The average Bonchev–Trinajstić information content (AvgIpc) is 2.93. The highest BCUT2D eigenvalue weighted by molar-refractivity contribution is 6.13. The molecule has 1 unspecified atom stereocenters. The van der Waals surface area contributed by atoms with E-state index in [1.807, 2.05) is 17.9 Å². The van der Waals surface area contributed by atoms with Crippen molar-refractivity contribution in [2.45, 2.75) is 33.6 Å². The first-order valence-electron chi connectivity index (χ1n) is 12.7. The number of methoxy groups -OCH3 is 1. The molecule has 208 valence electrons. The second-order valence-corrected chi connectivity index (χ2v) is 8.29. The third kappa shape index (κ3) is 8.41. The van der Waals surface area contributed by atoms with E-state index < -0.39 is 5.91 Å². The Hall–Kier alpha value is -3.73. The van der Waals surface area contributed by atoms with Gasteiger partial charge in [-0.1, -0.05) is 12.7 Å². The predicted octanol–water partition coefficient (Wildman–Crippen LogP) is 1.90. The van der Waals surface area contributed by atoms with Crippen LogP contribution in [0.1, 0.15) is 33.6 Å². The zero-order valence-electron chi connectivity index (χ0n) is 23.0. The maximum absolute atomic E-state index is 12.9. The van der Waals surface area contributed by atoms with Gasteiger partial charge in [0.1, 0.15) is 11.5 Å². The van der Waals surface area contributed by atoms with Gasteiger partial charge in [0, 0.05) is 38.5 Å². The Morgan fingerprint density at radius 1 is 1.32 bits per heavy atom. The van der Waals surface area contributed by atoms with Crippen molar-refractivity contribution in [2.75, 3.05) is 53.6 Å². The van der Waals surface area contributed by atoms with Crippen LogP contribution in [0.4, 0.5) is 0 Å². The fourth-order valence-corrected chi connectivity index (χ4v) is 3.68. The molecule has 1 aliphatic carbocycles. The summed E-state index contributed by atoms with van der Waals surface area (Å²) in [7, 11) is 3.25. The number of nitrogens with zero attached hydrogens (tertiary/aromatic N) is 4. The van der Waals surface area contributed by atoms with E-state index in [1.165, 1.54) is 6.20 Å². The monoisotopic (exact) mass is 528 g/mol. The number of amidine groups is 1. The van der Waals surface area contributed by atoms with E-state index in [0.29, 0.717) is 54.3 Å². The van der Waals surface area contributed by atoms with Gasteiger partial charge in [-0.15, -0.1) is 0 Å². The molecule has 0 bridgehead atoms. The van der Waals surface area contributed by atoms with Gasteiger partial charge in [-0.05, 0) is 46.0 Å². The minimum absolute atomic E-state index is 0.162. The Morgan fingerprint density at radius 3 is 2.76 bits per heavy atom. The lowest BCUT2D eigenvalue weighted by Gasteiger charge is -2.35. The van der Waals surface area contributed by atoms with Crippen molar-refractivity contribution in [2.24, 2.45) is 20.9 Å². The van der Waals surface area contributed by atoms with Crippen molar-refractivity contribution in [1.29, 1.82) is 5.41 Å². The minimum atomic E-state index is -0.397. The average molecular weight is 529 g/mol. The summed E-state index contributed by atoms with van der Waals surface area (Å²) in [5.74, 6) is 1.05. The highest BCUT2D eigenvalue weighted by Crippen LogP contribution is 2.33. The molecule has 1 heterocycles. The second kappa shape index (κ2) is 16.2. The number of amides is 1. The molecule has 38 heavy (non-hydrogen) atoms. The number of fused-ring (bicyclic) bond motifs is 1. The molecule has 12 heteroatoms. The van der Waals surface area contributed by atoms with E-state index in [4.69, 9.17) is 24.6 Å². The molecular weight excluding hydrogens is 488 g/mol. The lowest BCUT2D eigenvalue weighted by Crippen LogP contribution is -2.52. The molecule has 2 rings (SSSR count). The molecular formula is C26H40N8O4. The van der Waals surface area contributed by atoms with Gasteiger partial charge < -0.3 is 24.8 Å². The second-order valence-electron chi connectivity index (χ2n) is 8.29. The molecule has 1 amide bonds. The molecule has 0 aromatic heterocycles. The van der Waals surface area contributed by atoms with Crippen molar-refractivity contribution in [3.63, 3.8) is 0 Å². The van der Waals surface area contributed by atoms with Gasteiger partial charge in [-0.3, -0.25) is 25.4 Å². The SMILES string of the molecule is C=NC(=N)N/C=C(\C)C(=O)NC1=NC2=C(OC)C(OCCCNCCOCCC)=C=CC2C(=NC)N1CC. The summed E-state index contributed by atoms with van der Waals surface area (Å²) in [5, 5.41) is 16.3. The van der Waals surface area contributed by atoms with Gasteiger partial charge in [0.05, 0.1) is 26.2 Å². The van der Waals surface area contributed by atoms with Crippen molar-refractivity contribution < 1.29 is 19.0 Å². The Kier molecular flexibility index (Phi) is 13.0. The molecule has 0 saturated carbocycles. The van der Waals surface area contributed by atoms with Crippen LogP contribution in [0.3, 0.4) is 0 Å². The summed E-state index contributed by atoms with van der Waals surface area (Å²) in [6.07, 6.45) is 5.05. The highest BCUT2D eigenvalue weighted by atomic mass is 16.5. The summed E-state index contributed by atoms with van der Waals surface area (Å²) in [6.45, 7) is 13.0. The summed E-state index contributed by atoms with van der Waals surface area (Å²) >= 11 is 0. The van der Waals surface area contributed by atoms with Gasteiger partial charge in [0.2, 0.25) is 17.7 Å². The fourth-order valence-electron chi connectivity index (χ4n) is 3.68.